The fourth-order valence-corrected chi connectivity index (χ4v) is 1.34. The van der Waals surface area contributed by atoms with Gasteiger partial charge in [0, 0.05) is 19.2 Å². The van der Waals surface area contributed by atoms with Crippen LogP contribution in [0.3, 0.4) is 0 Å². The van der Waals surface area contributed by atoms with Gasteiger partial charge in [0.05, 0.1) is 12.7 Å². The monoisotopic (exact) mass is 240 g/mol. The minimum Gasteiger partial charge on any atom is -0.496 e. The van der Waals surface area contributed by atoms with E-state index < -0.39 is 5.82 Å². The largest absolute Gasteiger partial charge is 0.496 e. The normalized spacial score (nSPS) is 10.4. The molecule has 0 aromatic heterocycles. The molecular formula is C12H17FN2O2. The van der Waals surface area contributed by atoms with Crippen LogP contribution in [-0.4, -0.2) is 45.1 Å². The molecule has 0 saturated carbocycles. The molecule has 17 heavy (non-hydrogen) atoms. The molecule has 0 aliphatic rings. The van der Waals surface area contributed by atoms with Crippen LogP contribution in [0.4, 0.5) is 4.39 Å². The van der Waals surface area contributed by atoms with Crippen molar-refractivity contribution in [1.82, 2.24) is 10.2 Å². The first-order chi connectivity index (χ1) is 8.04. The van der Waals surface area contributed by atoms with E-state index in [0.717, 1.165) is 6.54 Å². The van der Waals surface area contributed by atoms with Crippen LogP contribution < -0.4 is 10.1 Å². The van der Waals surface area contributed by atoms with Crippen molar-refractivity contribution >= 4 is 5.91 Å². The lowest BCUT2D eigenvalue weighted by molar-refractivity contribution is 0.0948. The third kappa shape index (κ3) is 4.03. The number of carbonyl (C=O) groups is 1. The summed E-state index contributed by atoms with van der Waals surface area (Å²) in [6.45, 7) is 1.28. The van der Waals surface area contributed by atoms with E-state index in [-0.39, 0.29) is 11.7 Å². The van der Waals surface area contributed by atoms with Gasteiger partial charge in [-0.3, -0.25) is 4.79 Å². The number of rotatable bonds is 5. The molecule has 1 amide bonds. The average Bonchev–Trinajstić information content (AvgIpc) is 2.28. The Kier molecular flexibility index (Phi) is 4.90. The van der Waals surface area contributed by atoms with Gasteiger partial charge in [0.25, 0.3) is 5.91 Å². The fraction of sp³-hybridized carbons (Fsp3) is 0.417. The quantitative estimate of drug-likeness (QED) is 0.838. The molecule has 0 bridgehead atoms. The topological polar surface area (TPSA) is 41.6 Å². The van der Waals surface area contributed by atoms with Gasteiger partial charge in [-0.25, -0.2) is 4.39 Å². The third-order valence-electron chi connectivity index (χ3n) is 2.25. The van der Waals surface area contributed by atoms with Crippen molar-refractivity contribution in [2.45, 2.75) is 0 Å². The Hall–Kier alpha value is -1.62. The van der Waals surface area contributed by atoms with E-state index in [2.05, 4.69) is 5.32 Å². The lowest BCUT2D eigenvalue weighted by Crippen LogP contribution is -2.31. The summed E-state index contributed by atoms with van der Waals surface area (Å²) in [4.78, 5) is 13.7. The predicted molar refractivity (Wildman–Crippen MR) is 63.8 cm³/mol. The van der Waals surface area contributed by atoms with E-state index in [9.17, 15) is 9.18 Å². The standard InChI is InChI=1S/C12H17FN2O2/c1-15(2)7-6-14-12(16)10-5-4-9(13)8-11(10)17-3/h4-5,8H,6-7H2,1-3H3,(H,14,16). The number of benzene rings is 1. The SMILES string of the molecule is COc1cc(F)ccc1C(=O)NCCN(C)C. The van der Waals surface area contributed by atoms with Crippen molar-refractivity contribution in [3.8, 4) is 5.75 Å². The summed E-state index contributed by atoms with van der Waals surface area (Å²) in [7, 11) is 5.25. The molecule has 0 spiro atoms. The van der Waals surface area contributed by atoms with Gasteiger partial charge >= 0.3 is 0 Å². The molecule has 5 heteroatoms. The average molecular weight is 240 g/mol. The minimum absolute atomic E-state index is 0.243. The number of likely N-dealkylation sites (N-methyl/N-ethyl adjacent to an activating group) is 1. The van der Waals surface area contributed by atoms with Gasteiger partial charge < -0.3 is 15.0 Å². The predicted octanol–water partition coefficient (Wildman–Crippen LogP) is 1.13. The maximum atomic E-state index is 12.9. The number of hydrogen-bond acceptors (Lipinski definition) is 3. The van der Waals surface area contributed by atoms with E-state index in [1.54, 1.807) is 0 Å². The lowest BCUT2D eigenvalue weighted by Gasteiger charge is -2.12. The number of methoxy groups -OCH3 is 1. The van der Waals surface area contributed by atoms with Crippen LogP contribution in [0.5, 0.6) is 5.75 Å². The van der Waals surface area contributed by atoms with Gasteiger partial charge in [-0.1, -0.05) is 0 Å². The Morgan fingerprint density at radius 3 is 2.76 bits per heavy atom. The van der Waals surface area contributed by atoms with E-state index in [4.69, 9.17) is 4.74 Å². The highest BCUT2D eigenvalue weighted by Gasteiger charge is 2.12. The molecule has 0 unspecified atom stereocenters. The van der Waals surface area contributed by atoms with Crippen LogP contribution >= 0.6 is 0 Å². The Morgan fingerprint density at radius 2 is 2.18 bits per heavy atom. The summed E-state index contributed by atoms with van der Waals surface area (Å²) >= 11 is 0. The Balaban J connectivity index is 2.68. The molecular weight excluding hydrogens is 223 g/mol. The molecule has 0 aliphatic heterocycles. The number of nitrogens with one attached hydrogen (secondary N) is 1. The van der Waals surface area contributed by atoms with Crippen molar-refractivity contribution in [1.29, 1.82) is 0 Å². The molecule has 0 atom stereocenters. The first kappa shape index (κ1) is 13.4. The van der Waals surface area contributed by atoms with Crippen molar-refractivity contribution in [2.75, 3.05) is 34.3 Å². The lowest BCUT2D eigenvalue weighted by atomic mass is 10.2. The summed E-state index contributed by atoms with van der Waals surface area (Å²) in [5.41, 5.74) is 0.340. The van der Waals surface area contributed by atoms with E-state index in [0.29, 0.717) is 12.1 Å². The number of amides is 1. The van der Waals surface area contributed by atoms with Crippen LogP contribution in [0.15, 0.2) is 18.2 Å². The number of ether oxygens (including phenoxy) is 1. The molecule has 1 aromatic rings. The fourth-order valence-electron chi connectivity index (χ4n) is 1.34. The van der Waals surface area contributed by atoms with Crippen LogP contribution in [0, 0.1) is 5.82 Å². The highest BCUT2D eigenvalue weighted by molar-refractivity contribution is 5.96. The van der Waals surface area contributed by atoms with E-state index >= 15 is 0 Å². The molecule has 94 valence electrons. The van der Waals surface area contributed by atoms with Crippen LogP contribution in [-0.2, 0) is 0 Å². The first-order valence-electron chi connectivity index (χ1n) is 5.31. The summed E-state index contributed by atoms with van der Waals surface area (Å²) < 4.78 is 17.9. The van der Waals surface area contributed by atoms with Gasteiger partial charge in [0.15, 0.2) is 0 Å². The molecule has 0 heterocycles. The van der Waals surface area contributed by atoms with Crippen LogP contribution in [0.25, 0.3) is 0 Å². The van der Waals surface area contributed by atoms with Crippen molar-refractivity contribution in [3.63, 3.8) is 0 Å². The molecule has 0 aliphatic carbocycles. The van der Waals surface area contributed by atoms with E-state index in [1.165, 1.54) is 25.3 Å². The highest BCUT2D eigenvalue weighted by atomic mass is 19.1. The first-order valence-corrected chi connectivity index (χ1v) is 5.31. The van der Waals surface area contributed by atoms with E-state index in [1.807, 2.05) is 19.0 Å². The molecule has 1 rings (SSSR count). The molecule has 1 aromatic carbocycles. The zero-order valence-electron chi connectivity index (χ0n) is 10.3. The second-order valence-electron chi connectivity index (χ2n) is 3.90. The Morgan fingerprint density at radius 1 is 1.47 bits per heavy atom. The summed E-state index contributed by atoms with van der Waals surface area (Å²) in [5.74, 6) is -0.442. The maximum Gasteiger partial charge on any atom is 0.255 e. The smallest absolute Gasteiger partial charge is 0.255 e. The molecule has 0 fully saturated rings. The second kappa shape index (κ2) is 6.20. The number of carbonyl (C=O) groups excluding carboxylic acids is 1. The van der Waals surface area contributed by atoms with Gasteiger partial charge in [-0.2, -0.15) is 0 Å². The van der Waals surface area contributed by atoms with Crippen molar-refractivity contribution in [3.05, 3.63) is 29.6 Å². The highest BCUT2D eigenvalue weighted by Crippen LogP contribution is 2.19. The molecule has 1 N–H and O–H groups in total. The van der Waals surface area contributed by atoms with Gasteiger partial charge in [-0.05, 0) is 26.2 Å². The summed E-state index contributed by atoms with van der Waals surface area (Å²) in [6.07, 6.45) is 0. The Labute approximate surface area is 100 Å². The van der Waals surface area contributed by atoms with Crippen LogP contribution in [0.2, 0.25) is 0 Å². The van der Waals surface area contributed by atoms with Gasteiger partial charge in [0.1, 0.15) is 11.6 Å². The van der Waals surface area contributed by atoms with Gasteiger partial charge in [-0.15, -0.1) is 0 Å². The summed E-state index contributed by atoms with van der Waals surface area (Å²) in [6, 6.07) is 3.85. The van der Waals surface area contributed by atoms with Crippen LogP contribution in [0.1, 0.15) is 10.4 Å². The minimum atomic E-state index is -0.424. The zero-order chi connectivity index (χ0) is 12.8. The molecule has 0 saturated heterocycles. The number of hydrogen-bond donors (Lipinski definition) is 1. The number of nitrogens with zero attached hydrogens (tertiary/aromatic N) is 1. The van der Waals surface area contributed by atoms with Crippen molar-refractivity contribution in [2.24, 2.45) is 0 Å². The number of halogens is 1. The molecule has 0 radical (unpaired) electrons. The summed E-state index contributed by atoms with van der Waals surface area (Å²) in [5, 5.41) is 2.74. The zero-order valence-corrected chi connectivity index (χ0v) is 10.3. The van der Waals surface area contributed by atoms with Crippen molar-refractivity contribution < 1.29 is 13.9 Å². The second-order valence-corrected chi connectivity index (χ2v) is 3.90. The third-order valence-corrected chi connectivity index (χ3v) is 2.25. The molecule has 4 nitrogen and oxygen atoms in total. The van der Waals surface area contributed by atoms with Gasteiger partial charge in [0.2, 0.25) is 0 Å². The Bertz CT molecular complexity index is 394. The maximum absolute atomic E-state index is 12.9.